The number of anilines is 1. The summed E-state index contributed by atoms with van der Waals surface area (Å²) < 4.78 is 0. The maximum atomic E-state index is 13.1. The van der Waals surface area contributed by atoms with Gasteiger partial charge in [-0.15, -0.1) is 0 Å². The van der Waals surface area contributed by atoms with Gasteiger partial charge in [-0.3, -0.25) is 9.69 Å². The zero-order valence-electron chi connectivity index (χ0n) is 15.9. The van der Waals surface area contributed by atoms with Crippen molar-refractivity contribution in [2.75, 3.05) is 4.90 Å². The molecule has 1 aliphatic carbocycles. The molecule has 0 radical (unpaired) electrons. The number of Topliss-reactive ketones (excluding diaryl/α,β-unsaturated/α-hetero) is 1. The van der Waals surface area contributed by atoms with Crippen LogP contribution in [0.3, 0.4) is 0 Å². The Morgan fingerprint density at radius 1 is 1.14 bits per heavy atom. The van der Waals surface area contributed by atoms with Crippen molar-refractivity contribution in [1.29, 1.82) is 5.26 Å². The molecule has 0 amide bonds. The molecule has 146 valence electrons. The van der Waals surface area contributed by atoms with Crippen molar-refractivity contribution < 1.29 is 4.79 Å². The summed E-state index contributed by atoms with van der Waals surface area (Å²) in [4.78, 5) is 14.9. The SMILES string of the molecule is Cc1c(Cl)cccc1N1C(N)=C(C#N)C(c2ccc(Cl)cc2)C2=C1CCCC2=O. The first-order valence-electron chi connectivity index (χ1n) is 9.40. The second-order valence-electron chi connectivity index (χ2n) is 7.25. The van der Waals surface area contributed by atoms with Crippen LogP contribution in [0.4, 0.5) is 5.69 Å². The van der Waals surface area contributed by atoms with Gasteiger partial charge in [0.25, 0.3) is 0 Å². The number of halogens is 2. The molecule has 0 saturated carbocycles. The van der Waals surface area contributed by atoms with Gasteiger partial charge in [0.2, 0.25) is 0 Å². The summed E-state index contributed by atoms with van der Waals surface area (Å²) in [5.41, 5.74) is 10.9. The van der Waals surface area contributed by atoms with Gasteiger partial charge in [0, 0.05) is 27.7 Å². The second-order valence-corrected chi connectivity index (χ2v) is 8.10. The number of hydrogen-bond donors (Lipinski definition) is 1. The van der Waals surface area contributed by atoms with Gasteiger partial charge in [0.1, 0.15) is 5.82 Å². The number of benzene rings is 2. The van der Waals surface area contributed by atoms with Crippen molar-refractivity contribution in [3.63, 3.8) is 0 Å². The summed E-state index contributed by atoms with van der Waals surface area (Å²) in [7, 11) is 0. The average molecular weight is 424 g/mol. The van der Waals surface area contributed by atoms with Crippen LogP contribution in [0.15, 0.2) is 65.1 Å². The molecule has 0 aromatic heterocycles. The molecule has 4 nitrogen and oxygen atoms in total. The molecule has 4 rings (SSSR count). The fourth-order valence-corrected chi connectivity index (χ4v) is 4.48. The van der Waals surface area contributed by atoms with E-state index in [-0.39, 0.29) is 5.78 Å². The maximum Gasteiger partial charge on any atom is 0.161 e. The smallest absolute Gasteiger partial charge is 0.161 e. The minimum Gasteiger partial charge on any atom is -0.384 e. The summed E-state index contributed by atoms with van der Waals surface area (Å²) in [6.07, 6.45) is 1.91. The minimum atomic E-state index is -0.490. The topological polar surface area (TPSA) is 70.1 Å². The van der Waals surface area contributed by atoms with E-state index in [0.717, 1.165) is 28.9 Å². The highest BCUT2D eigenvalue weighted by Crippen LogP contribution is 2.47. The van der Waals surface area contributed by atoms with E-state index in [4.69, 9.17) is 28.9 Å². The molecule has 6 heteroatoms. The molecule has 0 spiro atoms. The third-order valence-corrected chi connectivity index (χ3v) is 6.26. The zero-order valence-corrected chi connectivity index (χ0v) is 17.4. The van der Waals surface area contributed by atoms with Gasteiger partial charge in [-0.2, -0.15) is 5.26 Å². The Balaban J connectivity index is 1.99. The summed E-state index contributed by atoms with van der Waals surface area (Å²) in [5.74, 6) is -0.0989. The van der Waals surface area contributed by atoms with E-state index < -0.39 is 5.92 Å². The average Bonchev–Trinajstić information content (AvgIpc) is 2.71. The minimum absolute atomic E-state index is 0.0520. The fraction of sp³-hybridized carbons (Fsp3) is 0.217. The highest BCUT2D eigenvalue weighted by molar-refractivity contribution is 6.31. The summed E-state index contributed by atoms with van der Waals surface area (Å²) >= 11 is 12.4. The Morgan fingerprint density at radius 2 is 1.86 bits per heavy atom. The van der Waals surface area contributed by atoms with E-state index in [1.54, 1.807) is 12.1 Å². The predicted molar refractivity (Wildman–Crippen MR) is 116 cm³/mol. The van der Waals surface area contributed by atoms with Gasteiger partial charge in [0.05, 0.1) is 23.2 Å². The highest BCUT2D eigenvalue weighted by atomic mass is 35.5. The first-order chi connectivity index (χ1) is 13.9. The molecule has 2 aromatic rings. The Hall–Kier alpha value is -2.74. The van der Waals surface area contributed by atoms with Crippen LogP contribution in [-0.4, -0.2) is 5.78 Å². The molecule has 2 aliphatic rings. The first-order valence-corrected chi connectivity index (χ1v) is 10.2. The zero-order chi connectivity index (χ0) is 20.7. The van der Waals surface area contributed by atoms with E-state index in [1.165, 1.54) is 0 Å². The normalized spacial score (nSPS) is 19.3. The molecule has 0 fully saturated rings. The molecule has 2 aromatic carbocycles. The van der Waals surface area contributed by atoms with Crippen molar-refractivity contribution in [3.05, 3.63) is 86.3 Å². The van der Waals surface area contributed by atoms with Crippen LogP contribution in [-0.2, 0) is 4.79 Å². The number of rotatable bonds is 2. The van der Waals surface area contributed by atoms with Gasteiger partial charge >= 0.3 is 0 Å². The van der Waals surface area contributed by atoms with Crippen molar-refractivity contribution in [1.82, 2.24) is 0 Å². The van der Waals surface area contributed by atoms with Gasteiger partial charge in [0.15, 0.2) is 5.78 Å². The van der Waals surface area contributed by atoms with Crippen molar-refractivity contribution in [3.8, 4) is 6.07 Å². The second kappa shape index (κ2) is 7.59. The number of nitriles is 1. The van der Waals surface area contributed by atoms with Gasteiger partial charge in [-0.05, 0) is 55.2 Å². The largest absolute Gasteiger partial charge is 0.384 e. The number of ketones is 1. The molecule has 29 heavy (non-hydrogen) atoms. The van der Waals surface area contributed by atoms with Gasteiger partial charge in [-0.25, -0.2) is 0 Å². The maximum absolute atomic E-state index is 13.1. The van der Waals surface area contributed by atoms with E-state index in [9.17, 15) is 10.1 Å². The molecule has 0 saturated heterocycles. The van der Waals surface area contributed by atoms with Crippen LogP contribution in [0.1, 0.15) is 36.3 Å². The lowest BCUT2D eigenvalue weighted by Crippen LogP contribution is -2.39. The predicted octanol–water partition coefficient (Wildman–Crippen LogP) is 5.61. The van der Waals surface area contributed by atoms with E-state index in [0.29, 0.717) is 39.9 Å². The monoisotopic (exact) mass is 423 g/mol. The van der Waals surface area contributed by atoms with E-state index in [2.05, 4.69) is 6.07 Å². The van der Waals surface area contributed by atoms with E-state index >= 15 is 0 Å². The number of nitrogens with two attached hydrogens (primary N) is 1. The number of nitrogens with zero attached hydrogens (tertiary/aromatic N) is 2. The van der Waals surface area contributed by atoms with Crippen molar-refractivity contribution in [2.45, 2.75) is 32.1 Å². The molecule has 0 bridgehead atoms. The van der Waals surface area contributed by atoms with Crippen LogP contribution in [0.5, 0.6) is 0 Å². The molecular formula is C23H19Cl2N3O. The Bertz CT molecular complexity index is 1110. The van der Waals surface area contributed by atoms with Gasteiger partial charge in [-0.1, -0.05) is 41.4 Å². The molecule has 1 unspecified atom stereocenters. The lowest BCUT2D eigenvalue weighted by molar-refractivity contribution is -0.116. The number of carbonyl (C=O) groups excluding carboxylic acids is 1. The lowest BCUT2D eigenvalue weighted by atomic mass is 9.75. The van der Waals surface area contributed by atoms with Crippen LogP contribution in [0.25, 0.3) is 0 Å². The summed E-state index contributed by atoms with van der Waals surface area (Å²) in [6.45, 7) is 1.91. The number of hydrogen-bond acceptors (Lipinski definition) is 4. The fourth-order valence-electron chi connectivity index (χ4n) is 4.19. The third-order valence-electron chi connectivity index (χ3n) is 5.60. The molecule has 1 heterocycles. The van der Waals surface area contributed by atoms with Crippen LogP contribution in [0, 0.1) is 18.3 Å². The lowest BCUT2D eigenvalue weighted by Gasteiger charge is -2.40. The van der Waals surface area contributed by atoms with Crippen LogP contribution >= 0.6 is 23.2 Å². The van der Waals surface area contributed by atoms with Crippen LogP contribution < -0.4 is 10.6 Å². The van der Waals surface area contributed by atoms with Crippen molar-refractivity contribution in [2.24, 2.45) is 5.73 Å². The molecule has 1 atom stereocenters. The Morgan fingerprint density at radius 3 is 2.55 bits per heavy atom. The van der Waals surface area contributed by atoms with Crippen LogP contribution in [0.2, 0.25) is 10.0 Å². The summed E-state index contributed by atoms with van der Waals surface area (Å²) in [5, 5.41) is 11.2. The summed E-state index contributed by atoms with van der Waals surface area (Å²) in [6, 6.07) is 15.1. The number of allylic oxidation sites excluding steroid dienone is 3. The quantitative estimate of drug-likeness (QED) is 0.681. The van der Waals surface area contributed by atoms with E-state index in [1.807, 2.05) is 42.2 Å². The number of carbonyl (C=O) groups is 1. The molecular weight excluding hydrogens is 405 g/mol. The Labute approximate surface area is 179 Å². The Kier molecular flexibility index (Phi) is 5.12. The van der Waals surface area contributed by atoms with Crippen molar-refractivity contribution >= 4 is 34.7 Å². The molecule has 1 aliphatic heterocycles. The standard InChI is InChI=1S/C23H19Cl2N3O/c1-13-17(25)4-2-5-18(13)28-19-6-3-7-20(29)22(19)21(16(12-26)23(28)27)14-8-10-15(24)11-9-14/h2,4-5,8-11,21H,3,6-7,27H2,1H3. The highest BCUT2D eigenvalue weighted by Gasteiger charge is 2.40. The molecule has 2 N–H and O–H groups in total. The first kappa shape index (κ1) is 19.6. The van der Waals surface area contributed by atoms with Gasteiger partial charge < -0.3 is 5.73 Å². The third kappa shape index (κ3) is 3.21.